The number of amides is 1. The lowest BCUT2D eigenvalue weighted by molar-refractivity contribution is 0.0733. The van der Waals surface area contributed by atoms with E-state index in [1.54, 1.807) is 35.1 Å². The Morgan fingerprint density at radius 1 is 1.22 bits per heavy atom. The Morgan fingerprint density at radius 3 is 2.70 bits per heavy atom. The van der Waals surface area contributed by atoms with Gasteiger partial charge in [0.25, 0.3) is 5.91 Å². The fourth-order valence-electron chi connectivity index (χ4n) is 2.17. The maximum absolute atomic E-state index is 12.6. The fraction of sp³-hybridized carbons (Fsp3) is 0.188. The molecule has 0 unspecified atom stereocenters. The van der Waals surface area contributed by atoms with Crippen molar-refractivity contribution < 1.29 is 4.79 Å². The minimum absolute atomic E-state index is 0.188. The molecule has 0 radical (unpaired) electrons. The van der Waals surface area contributed by atoms with E-state index in [0.717, 1.165) is 11.4 Å². The summed E-state index contributed by atoms with van der Waals surface area (Å²) in [4.78, 5) is 22.2. The first kappa shape index (κ1) is 14.8. The molecule has 3 rings (SSSR count). The molecule has 0 aliphatic rings. The van der Waals surface area contributed by atoms with E-state index in [1.807, 2.05) is 37.3 Å². The number of carbonyl (C=O) groups is 1. The highest BCUT2D eigenvalue weighted by Gasteiger charge is 2.22. The summed E-state index contributed by atoms with van der Waals surface area (Å²) >= 11 is 0. The van der Waals surface area contributed by atoms with E-state index in [4.69, 9.17) is 0 Å². The molecule has 0 fully saturated rings. The van der Waals surface area contributed by atoms with E-state index < -0.39 is 0 Å². The number of nitrogens with zero attached hydrogens (tertiary/aromatic N) is 6. The zero-order valence-electron chi connectivity index (χ0n) is 12.9. The molecular formula is C16H16N6O. The van der Waals surface area contributed by atoms with E-state index in [2.05, 4.69) is 20.3 Å². The van der Waals surface area contributed by atoms with Gasteiger partial charge in [-0.05, 0) is 25.1 Å². The fourth-order valence-corrected chi connectivity index (χ4v) is 2.17. The molecule has 1 aromatic carbocycles. The Hall–Kier alpha value is -3.09. The average Bonchev–Trinajstić information content (AvgIpc) is 3.11. The van der Waals surface area contributed by atoms with Crippen molar-refractivity contribution in [3.63, 3.8) is 0 Å². The van der Waals surface area contributed by atoms with Crippen molar-refractivity contribution in [2.75, 3.05) is 7.05 Å². The summed E-state index contributed by atoms with van der Waals surface area (Å²) in [6, 6.07) is 11.1. The van der Waals surface area contributed by atoms with Gasteiger partial charge in [0.05, 0.1) is 23.6 Å². The van der Waals surface area contributed by atoms with Crippen LogP contribution >= 0.6 is 0 Å². The van der Waals surface area contributed by atoms with Gasteiger partial charge in [0.1, 0.15) is 6.33 Å². The number of hydrogen-bond acceptors (Lipinski definition) is 5. The highest BCUT2D eigenvalue weighted by atomic mass is 16.2. The Balaban J connectivity index is 1.79. The molecular weight excluding hydrogens is 292 g/mol. The minimum atomic E-state index is -0.210. The van der Waals surface area contributed by atoms with Crippen LogP contribution < -0.4 is 0 Å². The van der Waals surface area contributed by atoms with Crippen molar-refractivity contribution in [1.29, 1.82) is 0 Å². The number of hydrogen-bond donors (Lipinski definition) is 0. The summed E-state index contributed by atoms with van der Waals surface area (Å²) in [5, 5.41) is 7.99. The van der Waals surface area contributed by atoms with Crippen LogP contribution in [-0.4, -0.2) is 42.8 Å². The molecule has 0 aliphatic carbocycles. The molecule has 0 N–H and O–H groups in total. The molecule has 7 nitrogen and oxygen atoms in total. The summed E-state index contributed by atoms with van der Waals surface area (Å²) in [6.07, 6.45) is 4.75. The first-order chi connectivity index (χ1) is 11.2. The van der Waals surface area contributed by atoms with Crippen LogP contribution in [0.2, 0.25) is 0 Å². The van der Waals surface area contributed by atoms with E-state index in [-0.39, 0.29) is 17.6 Å². The van der Waals surface area contributed by atoms with Crippen LogP contribution in [0.3, 0.4) is 0 Å². The molecule has 1 amide bonds. The maximum atomic E-state index is 12.6. The third-order valence-electron chi connectivity index (χ3n) is 3.67. The lowest BCUT2D eigenvalue weighted by Crippen LogP contribution is -2.30. The van der Waals surface area contributed by atoms with Crippen molar-refractivity contribution in [1.82, 2.24) is 29.9 Å². The van der Waals surface area contributed by atoms with Crippen LogP contribution in [0.15, 0.2) is 55.1 Å². The Morgan fingerprint density at radius 2 is 2.00 bits per heavy atom. The maximum Gasteiger partial charge on any atom is 0.276 e. The van der Waals surface area contributed by atoms with Crippen molar-refractivity contribution in [3.8, 4) is 5.69 Å². The second-order valence-corrected chi connectivity index (χ2v) is 5.11. The smallest absolute Gasteiger partial charge is 0.276 e. The van der Waals surface area contributed by atoms with E-state index in [9.17, 15) is 4.79 Å². The SMILES string of the molecule is C[C@@H](c1ccncn1)N(C)C(=O)c1cn(-c2ccccc2)nn1. The standard InChI is InChI=1S/C16H16N6O/c1-12(14-8-9-17-11-18-14)21(2)16(23)15-10-22(20-19-15)13-6-4-3-5-7-13/h3-12H,1-2H3/t12-/m0/s1. The molecule has 2 aromatic heterocycles. The molecule has 116 valence electrons. The highest BCUT2D eigenvalue weighted by Crippen LogP contribution is 2.17. The molecule has 0 saturated carbocycles. The van der Waals surface area contributed by atoms with E-state index >= 15 is 0 Å². The Labute approximate surface area is 133 Å². The number of benzene rings is 1. The van der Waals surface area contributed by atoms with Crippen molar-refractivity contribution >= 4 is 5.91 Å². The molecule has 2 heterocycles. The number of carbonyl (C=O) groups excluding carboxylic acids is 1. The van der Waals surface area contributed by atoms with Crippen LogP contribution in [0.5, 0.6) is 0 Å². The third kappa shape index (κ3) is 3.08. The Bertz CT molecular complexity index is 787. The summed E-state index contributed by atoms with van der Waals surface area (Å²) in [6.45, 7) is 1.90. The van der Waals surface area contributed by atoms with Crippen LogP contribution in [0.1, 0.15) is 29.1 Å². The van der Waals surface area contributed by atoms with Gasteiger partial charge in [-0.25, -0.2) is 14.6 Å². The van der Waals surface area contributed by atoms with Gasteiger partial charge in [0.15, 0.2) is 5.69 Å². The molecule has 0 saturated heterocycles. The van der Waals surface area contributed by atoms with Gasteiger partial charge in [-0.1, -0.05) is 23.4 Å². The highest BCUT2D eigenvalue weighted by molar-refractivity contribution is 5.92. The van der Waals surface area contributed by atoms with E-state index in [1.165, 1.54) is 6.33 Å². The predicted octanol–water partition coefficient (Wildman–Crippen LogP) is 1.89. The van der Waals surface area contributed by atoms with Gasteiger partial charge in [-0.15, -0.1) is 5.10 Å². The third-order valence-corrected chi connectivity index (χ3v) is 3.67. The molecule has 0 aliphatic heterocycles. The summed E-state index contributed by atoms with van der Waals surface area (Å²) < 4.78 is 1.58. The summed E-state index contributed by atoms with van der Waals surface area (Å²) in [5.74, 6) is -0.210. The normalized spacial score (nSPS) is 11.9. The topological polar surface area (TPSA) is 76.8 Å². The average molecular weight is 308 g/mol. The minimum Gasteiger partial charge on any atom is -0.332 e. The quantitative estimate of drug-likeness (QED) is 0.735. The van der Waals surface area contributed by atoms with Gasteiger partial charge in [-0.2, -0.15) is 0 Å². The van der Waals surface area contributed by atoms with E-state index in [0.29, 0.717) is 0 Å². The number of aromatic nitrogens is 5. The molecule has 0 bridgehead atoms. The first-order valence-corrected chi connectivity index (χ1v) is 7.17. The van der Waals surface area contributed by atoms with Gasteiger partial charge >= 0.3 is 0 Å². The second kappa shape index (κ2) is 6.35. The summed E-state index contributed by atoms with van der Waals surface area (Å²) in [5.41, 5.74) is 1.91. The van der Waals surface area contributed by atoms with Gasteiger partial charge in [-0.3, -0.25) is 4.79 Å². The zero-order chi connectivity index (χ0) is 16.2. The van der Waals surface area contributed by atoms with Gasteiger partial charge in [0, 0.05) is 13.2 Å². The van der Waals surface area contributed by atoms with Gasteiger partial charge in [0.2, 0.25) is 0 Å². The van der Waals surface area contributed by atoms with Crippen molar-refractivity contribution in [2.24, 2.45) is 0 Å². The Kier molecular flexibility index (Phi) is 4.09. The first-order valence-electron chi connectivity index (χ1n) is 7.17. The second-order valence-electron chi connectivity index (χ2n) is 5.11. The molecule has 3 aromatic rings. The van der Waals surface area contributed by atoms with Gasteiger partial charge < -0.3 is 4.90 Å². The zero-order valence-corrected chi connectivity index (χ0v) is 12.9. The van der Waals surface area contributed by atoms with Crippen LogP contribution in [0.4, 0.5) is 0 Å². The van der Waals surface area contributed by atoms with Crippen LogP contribution in [0.25, 0.3) is 5.69 Å². The molecule has 0 spiro atoms. The van der Waals surface area contributed by atoms with Crippen molar-refractivity contribution in [2.45, 2.75) is 13.0 Å². The largest absolute Gasteiger partial charge is 0.332 e. The van der Waals surface area contributed by atoms with Crippen LogP contribution in [0, 0.1) is 0 Å². The molecule has 1 atom stereocenters. The predicted molar refractivity (Wildman–Crippen MR) is 83.9 cm³/mol. The lowest BCUT2D eigenvalue weighted by Gasteiger charge is -2.23. The summed E-state index contributed by atoms with van der Waals surface area (Å²) in [7, 11) is 1.72. The molecule has 23 heavy (non-hydrogen) atoms. The molecule has 7 heteroatoms. The number of rotatable bonds is 4. The van der Waals surface area contributed by atoms with Crippen molar-refractivity contribution in [3.05, 3.63) is 66.5 Å². The number of para-hydroxylation sites is 1. The van der Waals surface area contributed by atoms with Crippen LogP contribution in [-0.2, 0) is 0 Å². The monoisotopic (exact) mass is 308 g/mol. The lowest BCUT2D eigenvalue weighted by atomic mass is 10.2.